The number of nitrogens with zero attached hydrogens (tertiary/aromatic N) is 1. The number of hydrogen-bond acceptors (Lipinski definition) is 4. The lowest BCUT2D eigenvalue weighted by Crippen LogP contribution is -2.29. The molecule has 2 rings (SSSR count). The van der Waals surface area contributed by atoms with Gasteiger partial charge in [0.05, 0.1) is 11.6 Å². The molecule has 2 aromatic carbocycles. The lowest BCUT2D eigenvalue weighted by Gasteiger charge is -2.03. The van der Waals surface area contributed by atoms with Gasteiger partial charge in [0.1, 0.15) is 0 Å². The van der Waals surface area contributed by atoms with Gasteiger partial charge in [-0.3, -0.25) is 0 Å². The van der Waals surface area contributed by atoms with Gasteiger partial charge in [-0.2, -0.15) is 5.26 Å². The molecule has 0 fully saturated rings. The number of rotatable bonds is 3. The van der Waals surface area contributed by atoms with Crippen LogP contribution in [0.2, 0.25) is 0 Å². The molecule has 0 atom stereocenters. The summed E-state index contributed by atoms with van der Waals surface area (Å²) in [5, 5.41) is 26.7. The monoisotopic (exact) mass is 255 g/mol. The fourth-order valence-corrected chi connectivity index (χ4v) is 2.26. The van der Waals surface area contributed by atoms with Crippen molar-refractivity contribution in [3.63, 3.8) is 0 Å². The molecule has 0 spiro atoms. The summed E-state index contributed by atoms with van der Waals surface area (Å²) in [6, 6.07) is 16.4. The highest BCUT2D eigenvalue weighted by atomic mass is 32.2. The minimum atomic E-state index is -1.43. The minimum absolute atomic E-state index is 0.471. The molecule has 0 unspecified atom stereocenters. The first-order chi connectivity index (χ1) is 8.69. The molecule has 0 heterocycles. The molecule has 0 aromatic heterocycles. The Hall–Kier alpha value is -1.74. The molecule has 2 N–H and O–H groups in total. The van der Waals surface area contributed by atoms with Gasteiger partial charge in [-0.25, -0.2) is 0 Å². The second-order valence-corrected chi connectivity index (χ2v) is 4.83. The van der Waals surface area contributed by atoms with Crippen molar-refractivity contribution in [1.82, 2.24) is 0 Å². The smallest absolute Gasteiger partial charge is 0.423 e. The predicted octanol–water partition coefficient (Wildman–Crippen LogP) is 1.39. The van der Waals surface area contributed by atoms with Gasteiger partial charge in [-0.05, 0) is 41.9 Å². The van der Waals surface area contributed by atoms with Gasteiger partial charge in [-0.15, -0.1) is 0 Å². The predicted molar refractivity (Wildman–Crippen MR) is 71.5 cm³/mol. The molecule has 0 aliphatic rings. The van der Waals surface area contributed by atoms with Crippen molar-refractivity contribution in [3.8, 4) is 6.07 Å². The lowest BCUT2D eigenvalue weighted by atomic mass is 9.81. The lowest BCUT2D eigenvalue weighted by molar-refractivity contribution is 0.426. The molecule has 2 aromatic rings. The van der Waals surface area contributed by atoms with Crippen molar-refractivity contribution < 1.29 is 10.0 Å². The third-order valence-corrected chi connectivity index (χ3v) is 3.41. The normalized spacial score (nSPS) is 9.83. The van der Waals surface area contributed by atoms with E-state index in [1.807, 2.05) is 24.3 Å². The molecule has 88 valence electrons. The first kappa shape index (κ1) is 12.7. The van der Waals surface area contributed by atoms with Crippen LogP contribution in [0.3, 0.4) is 0 Å². The zero-order valence-corrected chi connectivity index (χ0v) is 10.3. The van der Waals surface area contributed by atoms with Crippen molar-refractivity contribution in [1.29, 1.82) is 5.26 Å². The van der Waals surface area contributed by atoms with Gasteiger partial charge < -0.3 is 10.0 Å². The standard InChI is InChI=1S/C13H10BNO2S/c15-9-10-1-5-12(6-2-10)18-13-7-3-11(4-8-13)14(16)17/h1-8,16-17H. The van der Waals surface area contributed by atoms with E-state index in [1.54, 1.807) is 36.0 Å². The van der Waals surface area contributed by atoms with Crippen molar-refractivity contribution in [2.45, 2.75) is 9.79 Å². The fraction of sp³-hybridized carbons (Fsp3) is 0. The summed E-state index contributed by atoms with van der Waals surface area (Å²) in [5.74, 6) is 0. The number of hydrogen-bond donors (Lipinski definition) is 2. The first-order valence-corrected chi connectivity index (χ1v) is 6.15. The Morgan fingerprint density at radius 2 is 1.39 bits per heavy atom. The summed E-state index contributed by atoms with van der Waals surface area (Å²) in [6.45, 7) is 0. The van der Waals surface area contributed by atoms with Gasteiger partial charge in [0, 0.05) is 9.79 Å². The molecule has 5 heteroatoms. The molecular formula is C13H10BNO2S. The maximum atomic E-state index is 8.98. The van der Waals surface area contributed by atoms with Crippen LogP contribution in [-0.4, -0.2) is 17.2 Å². The quantitative estimate of drug-likeness (QED) is 0.813. The van der Waals surface area contributed by atoms with Crippen LogP contribution in [0.1, 0.15) is 5.56 Å². The van der Waals surface area contributed by atoms with E-state index >= 15 is 0 Å². The Kier molecular flexibility index (Phi) is 4.05. The molecule has 0 aliphatic heterocycles. The van der Waals surface area contributed by atoms with Crippen LogP contribution in [0.5, 0.6) is 0 Å². The van der Waals surface area contributed by atoms with E-state index in [0.717, 1.165) is 9.79 Å². The molecule has 0 radical (unpaired) electrons. The summed E-state index contributed by atoms with van der Waals surface area (Å²) in [4.78, 5) is 2.04. The van der Waals surface area contributed by atoms with E-state index in [-0.39, 0.29) is 0 Å². The molecule has 0 saturated heterocycles. The second kappa shape index (κ2) is 5.74. The molecule has 0 amide bonds. The molecule has 0 aliphatic carbocycles. The summed E-state index contributed by atoms with van der Waals surface area (Å²) < 4.78 is 0. The van der Waals surface area contributed by atoms with Crippen LogP contribution in [0.25, 0.3) is 0 Å². The summed E-state index contributed by atoms with van der Waals surface area (Å²) in [7, 11) is -1.43. The van der Waals surface area contributed by atoms with E-state index in [0.29, 0.717) is 11.0 Å². The Bertz CT molecular complexity index is 561. The fourth-order valence-electron chi connectivity index (χ4n) is 1.44. The largest absolute Gasteiger partial charge is 0.488 e. The van der Waals surface area contributed by atoms with Crippen LogP contribution >= 0.6 is 11.8 Å². The van der Waals surface area contributed by atoms with Crippen LogP contribution in [0, 0.1) is 11.3 Å². The molecule has 18 heavy (non-hydrogen) atoms. The third kappa shape index (κ3) is 3.14. The topological polar surface area (TPSA) is 64.2 Å². The van der Waals surface area contributed by atoms with Crippen molar-refractivity contribution >= 4 is 24.3 Å². The highest BCUT2D eigenvalue weighted by Gasteiger charge is 2.09. The van der Waals surface area contributed by atoms with Crippen LogP contribution in [0.15, 0.2) is 58.3 Å². The second-order valence-electron chi connectivity index (χ2n) is 3.68. The Balaban J connectivity index is 2.11. The molecule has 3 nitrogen and oxygen atoms in total. The first-order valence-electron chi connectivity index (χ1n) is 5.33. The van der Waals surface area contributed by atoms with Crippen molar-refractivity contribution in [2.75, 3.05) is 0 Å². The van der Waals surface area contributed by atoms with Gasteiger partial charge in [0.2, 0.25) is 0 Å². The SMILES string of the molecule is N#Cc1ccc(Sc2ccc(B(O)O)cc2)cc1. The maximum absolute atomic E-state index is 8.98. The highest BCUT2D eigenvalue weighted by molar-refractivity contribution is 7.99. The van der Waals surface area contributed by atoms with Crippen LogP contribution < -0.4 is 5.46 Å². The average Bonchev–Trinajstić information content (AvgIpc) is 2.40. The summed E-state index contributed by atoms with van der Waals surface area (Å²) in [6.07, 6.45) is 0. The van der Waals surface area contributed by atoms with E-state index in [2.05, 4.69) is 6.07 Å². The van der Waals surface area contributed by atoms with Crippen LogP contribution in [-0.2, 0) is 0 Å². The molecule has 0 bridgehead atoms. The van der Waals surface area contributed by atoms with Gasteiger partial charge >= 0.3 is 7.12 Å². The highest BCUT2D eigenvalue weighted by Crippen LogP contribution is 2.26. The van der Waals surface area contributed by atoms with E-state index < -0.39 is 7.12 Å². The van der Waals surface area contributed by atoms with E-state index in [1.165, 1.54) is 0 Å². The van der Waals surface area contributed by atoms with Gasteiger partial charge in [-0.1, -0.05) is 23.9 Å². The summed E-state index contributed by atoms with van der Waals surface area (Å²) >= 11 is 1.55. The molecular weight excluding hydrogens is 245 g/mol. The zero-order chi connectivity index (χ0) is 13.0. The Morgan fingerprint density at radius 3 is 1.83 bits per heavy atom. The number of benzene rings is 2. The summed E-state index contributed by atoms with van der Waals surface area (Å²) in [5.41, 5.74) is 1.11. The van der Waals surface area contributed by atoms with Crippen molar-refractivity contribution in [3.05, 3.63) is 54.1 Å². The van der Waals surface area contributed by atoms with E-state index in [9.17, 15) is 0 Å². The average molecular weight is 255 g/mol. The Morgan fingerprint density at radius 1 is 0.889 bits per heavy atom. The van der Waals surface area contributed by atoms with Crippen LogP contribution in [0.4, 0.5) is 0 Å². The maximum Gasteiger partial charge on any atom is 0.488 e. The third-order valence-electron chi connectivity index (χ3n) is 2.40. The number of nitriles is 1. The van der Waals surface area contributed by atoms with Crippen molar-refractivity contribution in [2.24, 2.45) is 0 Å². The van der Waals surface area contributed by atoms with E-state index in [4.69, 9.17) is 15.3 Å². The minimum Gasteiger partial charge on any atom is -0.423 e. The Labute approximate surface area is 110 Å². The van der Waals surface area contributed by atoms with Gasteiger partial charge in [0.25, 0.3) is 0 Å². The van der Waals surface area contributed by atoms with Gasteiger partial charge in [0.15, 0.2) is 0 Å². The zero-order valence-electron chi connectivity index (χ0n) is 9.45. The molecule has 0 saturated carbocycles.